The number of hydrogen-bond donors (Lipinski definition) is 2. The molecule has 0 aliphatic rings. The first kappa shape index (κ1) is 12.6. The molecule has 1 unspecified atom stereocenters. The van der Waals surface area contributed by atoms with E-state index in [1.165, 1.54) is 11.8 Å². The lowest BCUT2D eigenvalue weighted by atomic mass is 10.1. The zero-order valence-corrected chi connectivity index (χ0v) is 9.66. The van der Waals surface area contributed by atoms with Crippen LogP contribution in [0.25, 0.3) is 0 Å². The fourth-order valence-corrected chi connectivity index (χ4v) is 2.12. The van der Waals surface area contributed by atoms with Gasteiger partial charge in [-0.05, 0) is 18.6 Å². The van der Waals surface area contributed by atoms with Crippen molar-refractivity contribution in [2.75, 3.05) is 0 Å². The van der Waals surface area contributed by atoms with Gasteiger partial charge in [0, 0.05) is 4.90 Å². The summed E-state index contributed by atoms with van der Waals surface area (Å²) in [5.41, 5.74) is 5.86. The van der Waals surface area contributed by atoms with Gasteiger partial charge < -0.3 is 10.8 Å². The van der Waals surface area contributed by atoms with Crippen molar-refractivity contribution in [3.05, 3.63) is 29.8 Å². The third-order valence-electron chi connectivity index (χ3n) is 2.02. The Bertz CT molecular complexity index is 406. The van der Waals surface area contributed by atoms with E-state index in [0.717, 1.165) is 4.90 Å². The fourth-order valence-electron chi connectivity index (χ4n) is 1.18. The second-order valence-electron chi connectivity index (χ2n) is 3.34. The normalized spacial score (nSPS) is 12.1. The van der Waals surface area contributed by atoms with Crippen molar-refractivity contribution >= 4 is 23.6 Å². The minimum atomic E-state index is -0.889. The maximum atomic E-state index is 10.9. The van der Waals surface area contributed by atoms with E-state index >= 15 is 0 Å². The summed E-state index contributed by atoms with van der Waals surface area (Å²) < 4.78 is 0. The SMILES string of the molecule is CC(Sc1ccccc1CC(=O)O)C(N)=O. The predicted octanol–water partition coefficient (Wildman–Crippen LogP) is 1.28. The summed E-state index contributed by atoms with van der Waals surface area (Å²) >= 11 is 1.28. The lowest BCUT2D eigenvalue weighted by Gasteiger charge is -2.10. The van der Waals surface area contributed by atoms with Crippen molar-refractivity contribution in [3.8, 4) is 0 Å². The number of rotatable bonds is 5. The first-order valence-electron chi connectivity index (χ1n) is 4.76. The summed E-state index contributed by atoms with van der Waals surface area (Å²) in [4.78, 5) is 22.4. The first-order valence-corrected chi connectivity index (χ1v) is 5.64. The Kier molecular flexibility index (Phi) is 4.37. The Balaban J connectivity index is 2.86. The van der Waals surface area contributed by atoms with Gasteiger partial charge in [-0.1, -0.05) is 18.2 Å². The van der Waals surface area contributed by atoms with E-state index < -0.39 is 11.9 Å². The van der Waals surface area contributed by atoms with Gasteiger partial charge in [0.2, 0.25) is 5.91 Å². The molecule has 16 heavy (non-hydrogen) atoms. The number of nitrogens with two attached hydrogens (primary N) is 1. The molecular weight excluding hydrogens is 226 g/mol. The average Bonchev–Trinajstić information content (AvgIpc) is 2.20. The molecule has 4 nitrogen and oxygen atoms in total. The molecule has 0 aromatic heterocycles. The first-order chi connectivity index (χ1) is 7.50. The standard InChI is InChI=1S/C11H13NO3S/c1-7(11(12)15)16-9-5-3-2-4-8(9)6-10(13)14/h2-5,7H,6H2,1H3,(H2,12,15)(H,13,14). The maximum absolute atomic E-state index is 10.9. The average molecular weight is 239 g/mol. The Hall–Kier alpha value is -1.49. The number of primary amides is 1. The van der Waals surface area contributed by atoms with Gasteiger partial charge in [0.15, 0.2) is 0 Å². The van der Waals surface area contributed by atoms with E-state index in [2.05, 4.69) is 0 Å². The molecule has 0 saturated heterocycles. The Morgan fingerprint density at radius 1 is 1.44 bits per heavy atom. The molecule has 86 valence electrons. The molecule has 1 aromatic rings. The summed E-state index contributed by atoms with van der Waals surface area (Å²) in [5, 5.41) is 8.37. The number of carboxylic acid groups (broad SMARTS) is 1. The molecule has 1 amide bonds. The van der Waals surface area contributed by atoms with Crippen LogP contribution >= 0.6 is 11.8 Å². The van der Waals surface area contributed by atoms with Crippen molar-refractivity contribution in [2.24, 2.45) is 5.73 Å². The van der Waals surface area contributed by atoms with Crippen molar-refractivity contribution in [3.63, 3.8) is 0 Å². The monoisotopic (exact) mass is 239 g/mol. The predicted molar refractivity (Wildman–Crippen MR) is 62.3 cm³/mol. The van der Waals surface area contributed by atoms with Crippen LogP contribution in [0, 0.1) is 0 Å². The minimum Gasteiger partial charge on any atom is -0.481 e. The van der Waals surface area contributed by atoms with Crippen LogP contribution in [0.5, 0.6) is 0 Å². The number of carbonyl (C=O) groups is 2. The summed E-state index contributed by atoms with van der Waals surface area (Å²) in [6, 6.07) is 7.12. The zero-order chi connectivity index (χ0) is 12.1. The number of thioether (sulfide) groups is 1. The third kappa shape index (κ3) is 3.58. The number of carbonyl (C=O) groups excluding carboxylic acids is 1. The molecule has 0 aliphatic heterocycles. The van der Waals surface area contributed by atoms with E-state index in [4.69, 9.17) is 10.8 Å². The minimum absolute atomic E-state index is 0.0470. The van der Waals surface area contributed by atoms with E-state index in [1.807, 2.05) is 0 Å². The number of carboxylic acids is 1. The van der Waals surface area contributed by atoms with E-state index in [9.17, 15) is 9.59 Å². The highest BCUT2D eigenvalue weighted by atomic mass is 32.2. The lowest BCUT2D eigenvalue weighted by molar-refractivity contribution is -0.136. The summed E-state index contributed by atoms with van der Waals surface area (Å²) in [6.07, 6.45) is -0.0470. The Labute approximate surface area is 97.8 Å². The Morgan fingerprint density at radius 3 is 2.62 bits per heavy atom. The van der Waals surface area contributed by atoms with Crippen LogP contribution < -0.4 is 5.73 Å². The highest BCUT2D eigenvalue weighted by Gasteiger charge is 2.13. The lowest BCUT2D eigenvalue weighted by Crippen LogP contribution is -2.22. The Morgan fingerprint density at radius 2 is 2.06 bits per heavy atom. The van der Waals surface area contributed by atoms with Gasteiger partial charge in [-0.15, -0.1) is 11.8 Å². The second-order valence-corrected chi connectivity index (χ2v) is 4.72. The third-order valence-corrected chi connectivity index (χ3v) is 3.26. The van der Waals surface area contributed by atoms with Crippen LogP contribution in [0.15, 0.2) is 29.2 Å². The summed E-state index contributed by atoms with van der Waals surface area (Å²) in [7, 11) is 0. The van der Waals surface area contributed by atoms with Gasteiger partial charge in [0.05, 0.1) is 11.7 Å². The molecule has 0 bridgehead atoms. The zero-order valence-electron chi connectivity index (χ0n) is 8.84. The molecule has 5 heteroatoms. The number of aliphatic carboxylic acids is 1. The van der Waals surface area contributed by atoms with Gasteiger partial charge >= 0.3 is 5.97 Å². The molecular formula is C11H13NO3S. The van der Waals surface area contributed by atoms with Gasteiger partial charge in [0.1, 0.15) is 0 Å². The summed E-state index contributed by atoms with van der Waals surface area (Å²) in [6.45, 7) is 1.70. The molecule has 0 heterocycles. The van der Waals surface area contributed by atoms with Crippen LogP contribution in [-0.2, 0) is 16.0 Å². The molecule has 0 radical (unpaired) electrons. The van der Waals surface area contributed by atoms with Gasteiger partial charge in [-0.3, -0.25) is 9.59 Å². The van der Waals surface area contributed by atoms with Gasteiger partial charge in [-0.2, -0.15) is 0 Å². The van der Waals surface area contributed by atoms with Crippen molar-refractivity contribution in [1.29, 1.82) is 0 Å². The van der Waals surface area contributed by atoms with Gasteiger partial charge in [0.25, 0.3) is 0 Å². The molecule has 0 aliphatic carbocycles. The van der Waals surface area contributed by atoms with Crippen LogP contribution in [0.3, 0.4) is 0 Å². The van der Waals surface area contributed by atoms with E-state index in [-0.39, 0.29) is 11.7 Å². The number of hydrogen-bond acceptors (Lipinski definition) is 3. The summed E-state index contributed by atoms with van der Waals surface area (Å²) in [5.74, 6) is -1.30. The second kappa shape index (κ2) is 5.55. The highest BCUT2D eigenvalue weighted by Crippen LogP contribution is 2.26. The maximum Gasteiger partial charge on any atom is 0.307 e. The molecule has 0 spiro atoms. The fraction of sp³-hybridized carbons (Fsp3) is 0.273. The van der Waals surface area contributed by atoms with Crippen molar-refractivity contribution in [1.82, 2.24) is 0 Å². The molecule has 1 aromatic carbocycles. The topological polar surface area (TPSA) is 80.4 Å². The molecule has 1 atom stereocenters. The van der Waals surface area contributed by atoms with Gasteiger partial charge in [-0.25, -0.2) is 0 Å². The van der Waals surface area contributed by atoms with Crippen LogP contribution in [0.4, 0.5) is 0 Å². The smallest absolute Gasteiger partial charge is 0.307 e. The van der Waals surface area contributed by atoms with Crippen LogP contribution in [-0.4, -0.2) is 22.2 Å². The van der Waals surface area contributed by atoms with Crippen LogP contribution in [0.2, 0.25) is 0 Å². The quantitative estimate of drug-likeness (QED) is 0.758. The molecule has 0 fully saturated rings. The number of benzene rings is 1. The van der Waals surface area contributed by atoms with Crippen LogP contribution in [0.1, 0.15) is 12.5 Å². The number of amides is 1. The highest BCUT2D eigenvalue weighted by molar-refractivity contribution is 8.00. The largest absolute Gasteiger partial charge is 0.481 e. The molecule has 0 saturated carbocycles. The van der Waals surface area contributed by atoms with E-state index in [1.54, 1.807) is 31.2 Å². The molecule has 1 rings (SSSR count). The van der Waals surface area contributed by atoms with Crippen molar-refractivity contribution < 1.29 is 14.7 Å². The van der Waals surface area contributed by atoms with Crippen molar-refractivity contribution in [2.45, 2.75) is 23.5 Å². The van der Waals surface area contributed by atoms with E-state index in [0.29, 0.717) is 5.56 Å². The molecule has 3 N–H and O–H groups in total.